The van der Waals surface area contributed by atoms with E-state index >= 15 is 0 Å². The Labute approximate surface area is 162 Å². The average molecular weight is 354 g/mol. The SMILES string of the molecule is CCCCN1C(c2ccccc2)=CN(c2ccccc2)C1c1ccccc1. The fraction of sp³-hybridized carbons (Fsp3) is 0.200. The van der Waals surface area contributed by atoms with Gasteiger partial charge in [-0.15, -0.1) is 0 Å². The van der Waals surface area contributed by atoms with Gasteiger partial charge in [0.05, 0.1) is 5.70 Å². The zero-order valence-electron chi connectivity index (χ0n) is 15.8. The Morgan fingerprint density at radius 3 is 1.96 bits per heavy atom. The van der Waals surface area contributed by atoms with Crippen molar-refractivity contribution < 1.29 is 0 Å². The van der Waals surface area contributed by atoms with E-state index in [1.54, 1.807) is 0 Å². The lowest BCUT2D eigenvalue weighted by molar-refractivity contribution is 0.316. The molecule has 0 saturated carbocycles. The van der Waals surface area contributed by atoms with Gasteiger partial charge in [-0.05, 0) is 29.7 Å². The van der Waals surface area contributed by atoms with Crippen molar-refractivity contribution in [3.05, 3.63) is 108 Å². The molecule has 0 saturated heterocycles. The smallest absolute Gasteiger partial charge is 0.132 e. The molecule has 1 unspecified atom stereocenters. The van der Waals surface area contributed by atoms with Gasteiger partial charge in [-0.3, -0.25) is 0 Å². The van der Waals surface area contributed by atoms with Gasteiger partial charge in [0, 0.05) is 18.4 Å². The number of hydrogen-bond donors (Lipinski definition) is 0. The fourth-order valence-electron chi connectivity index (χ4n) is 3.76. The van der Waals surface area contributed by atoms with Crippen LogP contribution in [0.15, 0.2) is 97.2 Å². The van der Waals surface area contributed by atoms with Crippen molar-refractivity contribution >= 4 is 11.4 Å². The molecule has 1 aliphatic heterocycles. The lowest BCUT2D eigenvalue weighted by Gasteiger charge is -2.35. The Morgan fingerprint density at radius 2 is 1.33 bits per heavy atom. The molecule has 2 nitrogen and oxygen atoms in total. The van der Waals surface area contributed by atoms with E-state index < -0.39 is 0 Å². The predicted molar refractivity (Wildman–Crippen MR) is 114 cm³/mol. The van der Waals surface area contributed by atoms with Crippen LogP contribution in [0.2, 0.25) is 0 Å². The first-order valence-electron chi connectivity index (χ1n) is 9.80. The van der Waals surface area contributed by atoms with Crippen LogP contribution in [0.25, 0.3) is 5.70 Å². The first-order chi connectivity index (χ1) is 13.4. The molecule has 0 radical (unpaired) electrons. The monoisotopic (exact) mass is 354 g/mol. The Morgan fingerprint density at radius 1 is 0.741 bits per heavy atom. The number of rotatable bonds is 6. The summed E-state index contributed by atoms with van der Waals surface area (Å²) >= 11 is 0. The molecule has 1 heterocycles. The molecule has 0 bridgehead atoms. The standard InChI is InChI=1S/C25H26N2/c1-2-3-19-26-24(21-13-7-4-8-14-21)20-27(23-17-11-6-12-18-23)25(26)22-15-9-5-10-16-22/h4-18,20,25H,2-3,19H2,1H3. The van der Waals surface area contributed by atoms with E-state index in [0.717, 1.165) is 6.54 Å². The minimum atomic E-state index is 0.176. The molecule has 3 aromatic carbocycles. The molecule has 1 aliphatic rings. The van der Waals surface area contributed by atoms with Gasteiger partial charge in [0.1, 0.15) is 6.17 Å². The van der Waals surface area contributed by atoms with Crippen molar-refractivity contribution in [1.82, 2.24) is 4.90 Å². The highest BCUT2D eigenvalue weighted by molar-refractivity contribution is 5.73. The predicted octanol–water partition coefficient (Wildman–Crippen LogP) is 6.31. The van der Waals surface area contributed by atoms with Gasteiger partial charge in [-0.2, -0.15) is 0 Å². The van der Waals surface area contributed by atoms with E-state index in [2.05, 4.69) is 114 Å². The summed E-state index contributed by atoms with van der Waals surface area (Å²) in [7, 11) is 0. The van der Waals surface area contributed by atoms with E-state index in [1.807, 2.05) is 0 Å². The molecule has 3 aromatic rings. The van der Waals surface area contributed by atoms with Gasteiger partial charge < -0.3 is 9.80 Å². The summed E-state index contributed by atoms with van der Waals surface area (Å²) in [4.78, 5) is 4.97. The van der Waals surface area contributed by atoms with E-state index in [9.17, 15) is 0 Å². The summed E-state index contributed by atoms with van der Waals surface area (Å²) in [5, 5.41) is 0. The number of anilines is 1. The maximum absolute atomic E-state index is 2.56. The van der Waals surface area contributed by atoms with Crippen LogP contribution >= 0.6 is 0 Å². The minimum absolute atomic E-state index is 0.176. The van der Waals surface area contributed by atoms with Crippen molar-refractivity contribution in [3.63, 3.8) is 0 Å². The molecule has 2 heteroatoms. The van der Waals surface area contributed by atoms with Gasteiger partial charge in [0.25, 0.3) is 0 Å². The summed E-state index contributed by atoms with van der Waals surface area (Å²) in [5.74, 6) is 0. The number of hydrogen-bond acceptors (Lipinski definition) is 2. The fourth-order valence-corrected chi connectivity index (χ4v) is 3.76. The van der Waals surface area contributed by atoms with Gasteiger partial charge in [-0.25, -0.2) is 0 Å². The molecule has 27 heavy (non-hydrogen) atoms. The molecule has 1 atom stereocenters. The molecule has 0 aromatic heterocycles. The molecule has 0 N–H and O–H groups in total. The van der Waals surface area contributed by atoms with Gasteiger partial charge in [0.2, 0.25) is 0 Å². The molecule has 0 amide bonds. The molecule has 136 valence electrons. The Balaban J connectivity index is 1.82. The highest BCUT2D eigenvalue weighted by Crippen LogP contribution is 2.42. The van der Waals surface area contributed by atoms with Crippen LogP contribution in [0.3, 0.4) is 0 Å². The van der Waals surface area contributed by atoms with Crippen molar-refractivity contribution in [2.45, 2.75) is 25.9 Å². The van der Waals surface area contributed by atoms with Crippen molar-refractivity contribution in [2.24, 2.45) is 0 Å². The van der Waals surface area contributed by atoms with Crippen LogP contribution < -0.4 is 4.90 Å². The lowest BCUT2D eigenvalue weighted by Crippen LogP contribution is -2.32. The van der Waals surface area contributed by atoms with E-state index in [4.69, 9.17) is 0 Å². The largest absolute Gasteiger partial charge is 0.345 e. The zero-order chi connectivity index (χ0) is 18.5. The van der Waals surface area contributed by atoms with E-state index in [-0.39, 0.29) is 6.17 Å². The van der Waals surface area contributed by atoms with Crippen LogP contribution in [0.4, 0.5) is 5.69 Å². The van der Waals surface area contributed by atoms with Gasteiger partial charge in [-0.1, -0.05) is 92.2 Å². The summed E-state index contributed by atoms with van der Waals surface area (Å²) in [5.41, 5.74) is 5.10. The number of para-hydroxylation sites is 1. The second-order valence-corrected chi connectivity index (χ2v) is 6.95. The second-order valence-electron chi connectivity index (χ2n) is 6.95. The quantitative estimate of drug-likeness (QED) is 0.512. The summed E-state index contributed by atoms with van der Waals surface area (Å²) in [6, 6.07) is 32.3. The maximum Gasteiger partial charge on any atom is 0.132 e. The van der Waals surface area contributed by atoms with E-state index in [0.29, 0.717) is 0 Å². The van der Waals surface area contributed by atoms with Crippen LogP contribution in [0.5, 0.6) is 0 Å². The number of unbranched alkanes of at least 4 members (excludes halogenated alkanes) is 1. The third-order valence-corrected chi connectivity index (χ3v) is 5.10. The van der Waals surface area contributed by atoms with Crippen molar-refractivity contribution in [2.75, 3.05) is 11.4 Å². The molecule has 4 rings (SSSR count). The minimum Gasteiger partial charge on any atom is -0.345 e. The molecule has 0 aliphatic carbocycles. The first-order valence-corrected chi connectivity index (χ1v) is 9.80. The zero-order valence-corrected chi connectivity index (χ0v) is 15.8. The summed E-state index contributed by atoms with van der Waals surface area (Å²) in [6.45, 7) is 3.30. The molecule has 0 fully saturated rings. The third-order valence-electron chi connectivity index (χ3n) is 5.10. The average Bonchev–Trinajstić information content (AvgIpc) is 3.13. The molecular weight excluding hydrogens is 328 g/mol. The maximum atomic E-state index is 2.56. The van der Waals surface area contributed by atoms with Crippen LogP contribution in [-0.4, -0.2) is 11.4 Å². The molecule has 0 spiro atoms. The first kappa shape index (κ1) is 17.4. The summed E-state index contributed by atoms with van der Waals surface area (Å²) in [6.07, 6.45) is 4.86. The second kappa shape index (κ2) is 8.13. The molecular formula is C25H26N2. The van der Waals surface area contributed by atoms with Crippen molar-refractivity contribution in [1.29, 1.82) is 0 Å². The highest BCUT2D eigenvalue weighted by Gasteiger charge is 2.34. The van der Waals surface area contributed by atoms with Crippen LogP contribution in [0, 0.1) is 0 Å². The van der Waals surface area contributed by atoms with Gasteiger partial charge >= 0.3 is 0 Å². The number of nitrogens with zero attached hydrogens (tertiary/aromatic N) is 2. The normalized spacial score (nSPS) is 16.5. The van der Waals surface area contributed by atoms with Crippen LogP contribution in [0.1, 0.15) is 37.1 Å². The van der Waals surface area contributed by atoms with Crippen molar-refractivity contribution in [3.8, 4) is 0 Å². The Hall–Kier alpha value is -3.00. The topological polar surface area (TPSA) is 6.48 Å². The third kappa shape index (κ3) is 3.61. The Kier molecular flexibility index (Phi) is 5.24. The van der Waals surface area contributed by atoms with Gasteiger partial charge in [0.15, 0.2) is 0 Å². The lowest BCUT2D eigenvalue weighted by atomic mass is 10.1. The number of benzene rings is 3. The van der Waals surface area contributed by atoms with E-state index in [1.165, 1.54) is 35.4 Å². The summed E-state index contributed by atoms with van der Waals surface area (Å²) < 4.78 is 0. The highest BCUT2D eigenvalue weighted by atomic mass is 15.4. The van der Waals surface area contributed by atoms with Crippen LogP contribution in [-0.2, 0) is 0 Å². The Bertz CT molecular complexity index is 872.